The van der Waals surface area contributed by atoms with Crippen LogP contribution in [0.4, 0.5) is 4.39 Å². The van der Waals surface area contributed by atoms with Gasteiger partial charge in [-0.25, -0.2) is 4.39 Å². The van der Waals surface area contributed by atoms with Gasteiger partial charge in [0.15, 0.2) is 0 Å². The van der Waals surface area contributed by atoms with Crippen molar-refractivity contribution in [3.05, 3.63) is 35.3 Å². The van der Waals surface area contributed by atoms with Crippen LogP contribution in [0.3, 0.4) is 0 Å². The Morgan fingerprint density at radius 1 is 1.54 bits per heavy atom. The van der Waals surface area contributed by atoms with Gasteiger partial charge in [-0.05, 0) is 31.1 Å². The largest absolute Gasteiger partial charge is 0.381 e. The van der Waals surface area contributed by atoms with Crippen molar-refractivity contribution in [1.29, 1.82) is 0 Å². The van der Waals surface area contributed by atoms with Crippen LogP contribution < -0.4 is 5.32 Å². The Morgan fingerprint density at radius 2 is 2.31 bits per heavy atom. The molecule has 2 atom stereocenters. The highest BCUT2D eigenvalue weighted by Crippen LogP contribution is 2.33. The van der Waals surface area contributed by atoms with Crippen LogP contribution in [0.15, 0.2) is 35.3 Å². The zero-order valence-electron chi connectivity index (χ0n) is 7.97. The van der Waals surface area contributed by atoms with E-state index in [0.29, 0.717) is 0 Å². The Labute approximate surface area is 78.0 Å². The van der Waals surface area contributed by atoms with Crippen molar-refractivity contribution in [1.82, 2.24) is 5.32 Å². The Morgan fingerprint density at radius 3 is 3.00 bits per heavy atom. The summed E-state index contributed by atoms with van der Waals surface area (Å²) in [7, 11) is 0. The molecule has 2 rings (SSSR count). The average molecular weight is 179 g/mol. The van der Waals surface area contributed by atoms with Crippen LogP contribution in [0, 0.1) is 5.92 Å². The molecule has 0 bridgehead atoms. The first-order valence-corrected chi connectivity index (χ1v) is 4.74. The highest BCUT2D eigenvalue weighted by Gasteiger charge is 2.30. The summed E-state index contributed by atoms with van der Waals surface area (Å²) in [6.07, 6.45) is 6.16. The van der Waals surface area contributed by atoms with E-state index in [0.717, 1.165) is 6.42 Å². The predicted molar refractivity (Wildman–Crippen MR) is 51.7 cm³/mol. The zero-order valence-corrected chi connectivity index (χ0v) is 7.97. The minimum atomic E-state index is -0.108. The molecule has 0 fully saturated rings. The SMILES string of the molecule is CCC1=C(C)NC2C=CC(F)=CC12. The van der Waals surface area contributed by atoms with Gasteiger partial charge in [0.1, 0.15) is 5.83 Å². The molecule has 13 heavy (non-hydrogen) atoms. The molecule has 2 heteroatoms. The summed E-state index contributed by atoms with van der Waals surface area (Å²) < 4.78 is 13.0. The van der Waals surface area contributed by atoms with E-state index in [-0.39, 0.29) is 17.8 Å². The fourth-order valence-electron chi connectivity index (χ4n) is 2.19. The maximum absolute atomic E-state index is 13.0. The number of halogens is 1. The molecule has 2 aliphatic rings. The molecule has 0 radical (unpaired) electrons. The van der Waals surface area contributed by atoms with Crippen LogP contribution in [0.5, 0.6) is 0 Å². The molecule has 1 aliphatic heterocycles. The minimum absolute atomic E-state index is 0.108. The van der Waals surface area contributed by atoms with E-state index in [1.165, 1.54) is 11.3 Å². The molecule has 70 valence electrons. The Balaban J connectivity index is 2.31. The smallest absolute Gasteiger partial charge is 0.119 e. The molecule has 2 unspecified atom stereocenters. The van der Waals surface area contributed by atoms with Crippen LogP contribution in [0.2, 0.25) is 0 Å². The van der Waals surface area contributed by atoms with E-state index in [1.54, 1.807) is 12.2 Å². The highest BCUT2D eigenvalue weighted by molar-refractivity contribution is 5.36. The maximum Gasteiger partial charge on any atom is 0.119 e. The van der Waals surface area contributed by atoms with Gasteiger partial charge in [0.05, 0.1) is 6.04 Å². The van der Waals surface area contributed by atoms with Crippen LogP contribution in [0.25, 0.3) is 0 Å². The minimum Gasteiger partial charge on any atom is -0.381 e. The van der Waals surface area contributed by atoms with Crippen molar-refractivity contribution < 1.29 is 4.39 Å². The summed E-state index contributed by atoms with van der Waals surface area (Å²) in [5.41, 5.74) is 2.55. The summed E-state index contributed by atoms with van der Waals surface area (Å²) in [4.78, 5) is 0. The molecule has 0 saturated heterocycles. The first-order chi connectivity index (χ1) is 6.22. The lowest BCUT2D eigenvalue weighted by Crippen LogP contribution is -2.26. The monoisotopic (exact) mass is 179 g/mol. The average Bonchev–Trinajstić information content (AvgIpc) is 2.40. The fraction of sp³-hybridized carbons (Fsp3) is 0.455. The second-order valence-electron chi connectivity index (χ2n) is 3.61. The summed E-state index contributed by atoms with van der Waals surface area (Å²) in [6.45, 7) is 4.18. The number of rotatable bonds is 1. The van der Waals surface area contributed by atoms with Gasteiger partial charge < -0.3 is 5.32 Å². The lowest BCUT2D eigenvalue weighted by Gasteiger charge is -2.18. The van der Waals surface area contributed by atoms with E-state index in [9.17, 15) is 4.39 Å². The van der Waals surface area contributed by atoms with Crippen LogP contribution in [-0.4, -0.2) is 6.04 Å². The molecule has 0 aromatic rings. The van der Waals surface area contributed by atoms with Crippen molar-refractivity contribution in [2.24, 2.45) is 5.92 Å². The molecule has 0 saturated carbocycles. The third kappa shape index (κ3) is 1.30. The molecule has 1 nitrogen and oxygen atoms in total. The quantitative estimate of drug-likeness (QED) is 0.652. The van der Waals surface area contributed by atoms with Gasteiger partial charge in [-0.1, -0.05) is 13.0 Å². The summed E-state index contributed by atoms with van der Waals surface area (Å²) in [6, 6.07) is 0.287. The molecule has 0 amide bonds. The van der Waals surface area contributed by atoms with Gasteiger partial charge in [0, 0.05) is 11.6 Å². The number of nitrogens with one attached hydrogen (secondary N) is 1. The van der Waals surface area contributed by atoms with Gasteiger partial charge in [-0.2, -0.15) is 0 Å². The summed E-state index contributed by atoms with van der Waals surface area (Å²) in [5.74, 6) is 0.138. The standard InChI is InChI=1S/C11H14FN/c1-3-9-7(2)13-11-5-4-8(12)6-10(9)11/h4-6,10-11,13H,3H2,1-2H3. The third-order valence-electron chi connectivity index (χ3n) is 2.84. The second-order valence-corrected chi connectivity index (χ2v) is 3.61. The number of hydrogen-bond donors (Lipinski definition) is 1. The third-order valence-corrected chi connectivity index (χ3v) is 2.84. The highest BCUT2D eigenvalue weighted by atomic mass is 19.1. The molecular weight excluding hydrogens is 165 g/mol. The van der Waals surface area contributed by atoms with Gasteiger partial charge >= 0.3 is 0 Å². The molecule has 1 heterocycles. The molecule has 0 spiro atoms. The molecule has 1 N–H and O–H groups in total. The van der Waals surface area contributed by atoms with Crippen molar-refractivity contribution in [3.63, 3.8) is 0 Å². The first kappa shape index (κ1) is 8.54. The van der Waals surface area contributed by atoms with E-state index >= 15 is 0 Å². The Bertz CT molecular complexity index is 312. The normalized spacial score (nSPS) is 31.5. The van der Waals surface area contributed by atoms with Crippen molar-refractivity contribution >= 4 is 0 Å². The number of fused-ring (bicyclic) bond motifs is 1. The van der Waals surface area contributed by atoms with E-state index in [4.69, 9.17) is 0 Å². The molecule has 1 aliphatic carbocycles. The molecule has 0 aromatic heterocycles. The Kier molecular flexibility index (Phi) is 1.98. The lowest BCUT2D eigenvalue weighted by atomic mass is 9.89. The lowest BCUT2D eigenvalue weighted by molar-refractivity contribution is 0.571. The van der Waals surface area contributed by atoms with Crippen LogP contribution in [-0.2, 0) is 0 Å². The fourth-order valence-corrected chi connectivity index (χ4v) is 2.19. The summed E-state index contributed by atoms with van der Waals surface area (Å²) in [5, 5.41) is 3.36. The van der Waals surface area contributed by atoms with Crippen molar-refractivity contribution in [2.75, 3.05) is 0 Å². The van der Waals surface area contributed by atoms with Crippen molar-refractivity contribution in [2.45, 2.75) is 26.3 Å². The summed E-state index contributed by atoms with van der Waals surface area (Å²) >= 11 is 0. The van der Waals surface area contributed by atoms with Gasteiger partial charge in [0.2, 0.25) is 0 Å². The van der Waals surface area contributed by atoms with Gasteiger partial charge in [0.25, 0.3) is 0 Å². The van der Waals surface area contributed by atoms with E-state index in [1.807, 2.05) is 6.08 Å². The van der Waals surface area contributed by atoms with Crippen LogP contribution in [0.1, 0.15) is 20.3 Å². The molecule has 0 aromatic carbocycles. The van der Waals surface area contributed by atoms with Crippen LogP contribution >= 0.6 is 0 Å². The second kappa shape index (κ2) is 3.02. The zero-order chi connectivity index (χ0) is 9.42. The van der Waals surface area contributed by atoms with E-state index < -0.39 is 0 Å². The van der Waals surface area contributed by atoms with Gasteiger partial charge in [-0.3, -0.25) is 0 Å². The maximum atomic E-state index is 13.0. The first-order valence-electron chi connectivity index (χ1n) is 4.74. The predicted octanol–water partition coefficient (Wildman–Crippen LogP) is 2.68. The topological polar surface area (TPSA) is 12.0 Å². The number of allylic oxidation sites excluding steroid dienone is 3. The van der Waals surface area contributed by atoms with Crippen molar-refractivity contribution in [3.8, 4) is 0 Å². The van der Waals surface area contributed by atoms with Gasteiger partial charge in [-0.15, -0.1) is 0 Å². The number of hydrogen-bond acceptors (Lipinski definition) is 1. The van der Waals surface area contributed by atoms with E-state index in [2.05, 4.69) is 19.2 Å². The molecular formula is C11H14FN. The Hall–Kier alpha value is -1.05.